The van der Waals surface area contributed by atoms with Crippen molar-refractivity contribution in [1.29, 1.82) is 0 Å². The van der Waals surface area contributed by atoms with Crippen molar-refractivity contribution >= 4 is 24.2 Å². The molecule has 0 fully saturated rings. The van der Waals surface area contributed by atoms with E-state index < -0.39 is 0 Å². The molecule has 0 bridgehead atoms. The summed E-state index contributed by atoms with van der Waals surface area (Å²) in [5, 5.41) is 7.82. The van der Waals surface area contributed by atoms with Gasteiger partial charge in [-0.25, -0.2) is 10.9 Å². The van der Waals surface area contributed by atoms with E-state index in [4.69, 9.17) is 18.9 Å². The van der Waals surface area contributed by atoms with Gasteiger partial charge in [0.15, 0.2) is 23.0 Å². The van der Waals surface area contributed by atoms with E-state index in [1.165, 1.54) is 12.4 Å². The Labute approximate surface area is 177 Å². The molecule has 0 saturated heterocycles. The largest absolute Gasteiger partial charge is 0.454 e. The van der Waals surface area contributed by atoms with Crippen molar-refractivity contribution < 1.29 is 28.5 Å². The van der Waals surface area contributed by atoms with Crippen molar-refractivity contribution in [3.05, 3.63) is 47.5 Å². The Balaban J connectivity index is 1.13. The summed E-state index contributed by atoms with van der Waals surface area (Å²) in [6, 6.07) is 10.7. The molecule has 0 radical (unpaired) electrons. The van der Waals surface area contributed by atoms with Crippen LogP contribution in [0.25, 0.3) is 0 Å². The second-order valence-corrected chi connectivity index (χ2v) is 6.67. The van der Waals surface area contributed by atoms with Crippen LogP contribution in [0.4, 0.5) is 0 Å². The second kappa shape index (κ2) is 9.61. The summed E-state index contributed by atoms with van der Waals surface area (Å²) >= 11 is 0. The first kappa shape index (κ1) is 20.2. The first-order valence-corrected chi connectivity index (χ1v) is 9.60. The van der Waals surface area contributed by atoms with Crippen molar-refractivity contribution in [3.63, 3.8) is 0 Å². The monoisotopic (exact) mass is 424 g/mol. The van der Waals surface area contributed by atoms with E-state index in [0.717, 1.165) is 11.1 Å². The van der Waals surface area contributed by atoms with Gasteiger partial charge in [-0.15, -0.1) is 0 Å². The number of ether oxygens (including phenoxy) is 4. The number of nitrogens with zero attached hydrogens (tertiary/aromatic N) is 2. The molecule has 0 unspecified atom stereocenters. The molecule has 31 heavy (non-hydrogen) atoms. The standard InChI is InChI=1S/C21H20N4O6/c26-20(24-22-10-14-4-6-16-18(8-14)30-12-28-16)2-1-3-21(27)25-23-11-15-5-7-17-19(9-15)31-13-29-17/h4-11H,1-3,12-13H2,(H,24,26)(H,25,27)/b22-10-,23-11+. The summed E-state index contributed by atoms with van der Waals surface area (Å²) in [6.07, 6.45) is 3.72. The van der Waals surface area contributed by atoms with Crippen LogP contribution in [0.15, 0.2) is 46.6 Å². The molecule has 4 rings (SSSR count). The normalized spacial score (nSPS) is 13.7. The molecule has 0 atom stereocenters. The number of carbonyl (C=O) groups is 2. The van der Waals surface area contributed by atoms with Crippen LogP contribution in [0.5, 0.6) is 23.0 Å². The predicted octanol–water partition coefficient (Wildman–Crippen LogP) is 1.91. The van der Waals surface area contributed by atoms with Gasteiger partial charge in [0.05, 0.1) is 12.4 Å². The zero-order valence-electron chi connectivity index (χ0n) is 16.5. The number of amides is 2. The number of benzene rings is 2. The van der Waals surface area contributed by atoms with Crippen LogP contribution in [-0.2, 0) is 9.59 Å². The molecule has 0 spiro atoms. The first-order chi connectivity index (χ1) is 15.2. The van der Waals surface area contributed by atoms with Gasteiger partial charge in [-0.2, -0.15) is 10.2 Å². The topological polar surface area (TPSA) is 120 Å². The second-order valence-electron chi connectivity index (χ2n) is 6.67. The van der Waals surface area contributed by atoms with Gasteiger partial charge in [0.25, 0.3) is 0 Å². The molecular weight excluding hydrogens is 404 g/mol. The molecule has 2 aliphatic rings. The Bertz CT molecular complexity index is 955. The molecule has 2 amide bonds. The highest BCUT2D eigenvalue weighted by Crippen LogP contribution is 2.32. The third-order valence-electron chi connectivity index (χ3n) is 4.41. The molecule has 0 aromatic heterocycles. The van der Waals surface area contributed by atoms with Gasteiger partial charge >= 0.3 is 0 Å². The third kappa shape index (κ3) is 5.50. The number of hydrogen-bond acceptors (Lipinski definition) is 8. The van der Waals surface area contributed by atoms with E-state index in [2.05, 4.69) is 21.1 Å². The Morgan fingerprint density at radius 2 is 1.19 bits per heavy atom. The molecule has 2 aliphatic heterocycles. The Kier molecular flexibility index (Phi) is 6.26. The molecule has 10 heteroatoms. The lowest BCUT2D eigenvalue weighted by molar-refractivity contribution is -0.122. The molecule has 0 aliphatic carbocycles. The van der Waals surface area contributed by atoms with E-state index in [0.29, 0.717) is 29.4 Å². The lowest BCUT2D eigenvalue weighted by Gasteiger charge is -2.01. The van der Waals surface area contributed by atoms with Crippen LogP contribution in [0.2, 0.25) is 0 Å². The van der Waals surface area contributed by atoms with Gasteiger partial charge in [0.1, 0.15) is 0 Å². The average Bonchev–Trinajstić information content (AvgIpc) is 3.42. The molecule has 10 nitrogen and oxygen atoms in total. The molecule has 2 heterocycles. The van der Waals surface area contributed by atoms with Gasteiger partial charge in [-0.1, -0.05) is 0 Å². The van der Waals surface area contributed by atoms with E-state index in [9.17, 15) is 9.59 Å². The zero-order chi connectivity index (χ0) is 21.5. The maximum atomic E-state index is 11.8. The van der Waals surface area contributed by atoms with E-state index >= 15 is 0 Å². The summed E-state index contributed by atoms with van der Waals surface area (Å²) in [4.78, 5) is 23.7. The minimum absolute atomic E-state index is 0.164. The average molecular weight is 424 g/mol. The SMILES string of the molecule is O=C(CCCC(=O)N/N=C/c1ccc2c(c1)OCO2)N/N=C\c1ccc2c(c1)OCO2. The maximum absolute atomic E-state index is 11.8. The molecule has 160 valence electrons. The van der Waals surface area contributed by atoms with Crippen molar-refractivity contribution in [3.8, 4) is 23.0 Å². The molecule has 2 aromatic carbocycles. The van der Waals surface area contributed by atoms with Crippen LogP contribution in [0.3, 0.4) is 0 Å². The van der Waals surface area contributed by atoms with Crippen molar-refractivity contribution in [2.45, 2.75) is 19.3 Å². The fraction of sp³-hybridized carbons (Fsp3) is 0.238. The van der Waals surface area contributed by atoms with Gasteiger partial charge < -0.3 is 18.9 Å². The summed E-state index contributed by atoms with van der Waals surface area (Å²) in [6.45, 7) is 0.397. The van der Waals surface area contributed by atoms with Gasteiger partial charge in [-0.05, 0) is 53.9 Å². The summed E-state index contributed by atoms with van der Waals surface area (Å²) in [7, 11) is 0. The van der Waals surface area contributed by atoms with Crippen LogP contribution in [0.1, 0.15) is 30.4 Å². The van der Waals surface area contributed by atoms with Crippen LogP contribution in [-0.4, -0.2) is 37.8 Å². The lowest BCUT2D eigenvalue weighted by Crippen LogP contribution is -2.20. The fourth-order valence-corrected chi connectivity index (χ4v) is 2.87. The number of hydrazone groups is 2. The molecule has 2 N–H and O–H groups in total. The highest BCUT2D eigenvalue weighted by molar-refractivity contribution is 5.84. The quantitative estimate of drug-likeness (QED) is 0.494. The summed E-state index contributed by atoms with van der Waals surface area (Å²) in [5.74, 6) is 2.08. The summed E-state index contributed by atoms with van der Waals surface area (Å²) in [5.41, 5.74) is 6.40. The number of rotatable bonds is 8. The highest BCUT2D eigenvalue weighted by Gasteiger charge is 2.13. The first-order valence-electron chi connectivity index (χ1n) is 9.60. The number of hydrogen-bond donors (Lipinski definition) is 2. The van der Waals surface area contributed by atoms with Crippen LogP contribution < -0.4 is 29.8 Å². The minimum atomic E-state index is -0.284. The Hall–Kier alpha value is -4.08. The minimum Gasteiger partial charge on any atom is -0.454 e. The predicted molar refractivity (Wildman–Crippen MR) is 110 cm³/mol. The van der Waals surface area contributed by atoms with Crippen LogP contribution >= 0.6 is 0 Å². The van der Waals surface area contributed by atoms with Crippen molar-refractivity contribution in [2.75, 3.05) is 13.6 Å². The number of nitrogens with one attached hydrogen (secondary N) is 2. The maximum Gasteiger partial charge on any atom is 0.240 e. The van der Waals surface area contributed by atoms with E-state index in [1.54, 1.807) is 36.4 Å². The number of fused-ring (bicyclic) bond motifs is 2. The molecular formula is C21H20N4O6. The van der Waals surface area contributed by atoms with Crippen molar-refractivity contribution in [1.82, 2.24) is 10.9 Å². The molecule has 0 saturated carbocycles. The highest BCUT2D eigenvalue weighted by atomic mass is 16.7. The van der Waals surface area contributed by atoms with Gasteiger partial charge in [0.2, 0.25) is 25.4 Å². The van der Waals surface area contributed by atoms with E-state index in [-0.39, 0.29) is 38.2 Å². The van der Waals surface area contributed by atoms with Crippen molar-refractivity contribution in [2.24, 2.45) is 10.2 Å². The third-order valence-corrected chi connectivity index (χ3v) is 4.41. The van der Waals surface area contributed by atoms with Gasteiger partial charge in [0, 0.05) is 12.8 Å². The molecule has 2 aromatic rings. The Morgan fingerprint density at radius 1 is 0.742 bits per heavy atom. The smallest absolute Gasteiger partial charge is 0.240 e. The summed E-state index contributed by atoms with van der Waals surface area (Å²) < 4.78 is 21.0. The van der Waals surface area contributed by atoms with Crippen LogP contribution in [0, 0.1) is 0 Å². The van der Waals surface area contributed by atoms with Gasteiger partial charge in [-0.3, -0.25) is 9.59 Å². The zero-order valence-corrected chi connectivity index (χ0v) is 16.5. The number of carbonyl (C=O) groups excluding carboxylic acids is 2. The fourth-order valence-electron chi connectivity index (χ4n) is 2.87. The Morgan fingerprint density at radius 3 is 1.68 bits per heavy atom. The van der Waals surface area contributed by atoms with E-state index in [1.807, 2.05) is 0 Å². The lowest BCUT2D eigenvalue weighted by atomic mass is 10.2.